The number of nitrogens with one attached hydrogen (secondary N) is 1. The van der Waals surface area contributed by atoms with Crippen LogP contribution in [0.5, 0.6) is 5.75 Å². The van der Waals surface area contributed by atoms with Gasteiger partial charge in [0.15, 0.2) is 6.61 Å². The molecule has 0 radical (unpaired) electrons. The fourth-order valence-electron chi connectivity index (χ4n) is 3.26. The molecule has 0 aliphatic heterocycles. The lowest BCUT2D eigenvalue weighted by Crippen LogP contribution is -2.34. The maximum atomic E-state index is 12.2. The van der Waals surface area contributed by atoms with E-state index in [-0.39, 0.29) is 18.6 Å². The zero-order valence-corrected chi connectivity index (χ0v) is 15.6. The predicted octanol–water partition coefficient (Wildman–Crippen LogP) is 3.83. The quantitative estimate of drug-likeness (QED) is 0.756. The number of amides is 1. The molecule has 0 spiro atoms. The van der Waals surface area contributed by atoms with Crippen molar-refractivity contribution in [1.82, 2.24) is 5.32 Å². The van der Waals surface area contributed by atoms with Gasteiger partial charge in [0, 0.05) is 0 Å². The Kier molecular flexibility index (Phi) is 6.47. The number of esters is 1. The summed E-state index contributed by atoms with van der Waals surface area (Å²) in [4.78, 5) is 24.3. The van der Waals surface area contributed by atoms with Gasteiger partial charge in [-0.05, 0) is 61.1 Å². The van der Waals surface area contributed by atoms with Gasteiger partial charge in [-0.1, -0.05) is 31.2 Å². The molecular weight excluding hydrogens is 342 g/mol. The van der Waals surface area contributed by atoms with Crippen LogP contribution in [0.3, 0.4) is 0 Å². The molecule has 0 saturated carbocycles. The molecule has 5 nitrogen and oxygen atoms in total. The summed E-state index contributed by atoms with van der Waals surface area (Å²) < 4.78 is 10.6. The third-order valence-corrected chi connectivity index (χ3v) is 4.60. The fraction of sp³-hybridized carbons (Fsp3) is 0.364. The van der Waals surface area contributed by atoms with Crippen molar-refractivity contribution in [1.29, 1.82) is 0 Å². The predicted molar refractivity (Wildman–Crippen MR) is 103 cm³/mol. The number of aryl methyl sites for hydroxylation is 1. The number of benzene rings is 2. The molecule has 1 aliphatic rings. The summed E-state index contributed by atoms with van der Waals surface area (Å²) in [5.74, 6) is -0.0914. The molecule has 1 aliphatic carbocycles. The van der Waals surface area contributed by atoms with Crippen molar-refractivity contribution in [2.75, 3.05) is 13.2 Å². The molecule has 27 heavy (non-hydrogen) atoms. The Morgan fingerprint density at radius 1 is 1.11 bits per heavy atom. The Bertz CT molecular complexity index is 785. The van der Waals surface area contributed by atoms with Crippen LogP contribution in [-0.2, 0) is 16.0 Å². The van der Waals surface area contributed by atoms with E-state index < -0.39 is 5.97 Å². The molecule has 0 heterocycles. The van der Waals surface area contributed by atoms with Crippen LogP contribution in [0.2, 0.25) is 0 Å². The lowest BCUT2D eigenvalue weighted by molar-refractivity contribution is -0.125. The molecule has 0 bridgehead atoms. The minimum Gasteiger partial charge on any atom is -0.494 e. The summed E-state index contributed by atoms with van der Waals surface area (Å²) in [7, 11) is 0. The lowest BCUT2D eigenvalue weighted by Gasteiger charge is -2.26. The summed E-state index contributed by atoms with van der Waals surface area (Å²) in [5.41, 5.74) is 2.83. The van der Waals surface area contributed by atoms with E-state index in [1.807, 2.05) is 25.1 Å². The number of carbonyl (C=O) groups is 2. The molecule has 1 atom stereocenters. The number of hydrogen-bond acceptors (Lipinski definition) is 4. The topological polar surface area (TPSA) is 64.6 Å². The highest BCUT2D eigenvalue weighted by Gasteiger charge is 2.21. The first-order valence-electron chi connectivity index (χ1n) is 9.44. The molecule has 1 amide bonds. The van der Waals surface area contributed by atoms with Crippen LogP contribution < -0.4 is 10.1 Å². The number of hydrogen-bond donors (Lipinski definition) is 1. The maximum absolute atomic E-state index is 12.2. The van der Waals surface area contributed by atoms with Crippen LogP contribution in [0.4, 0.5) is 0 Å². The van der Waals surface area contributed by atoms with E-state index >= 15 is 0 Å². The van der Waals surface area contributed by atoms with Crippen LogP contribution in [0.15, 0.2) is 48.5 Å². The van der Waals surface area contributed by atoms with Crippen molar-refractivity contribution >= 4 is 11.9 Å². The van der Waals surface area contributed by atoms with E-state index in [2.05, 4.69) is 11.4 Å². The van der Waals surface area contributed by atoms with Crippen molar-refractivity contribution in [3.63, 3.8) is 0 Å². The molecule has 3 rings (SSSR count). The van der Waals surface area contributed by atoms with Gasteiger partial charge in [0.1, 0.15) is 5.75 Å². The van der Waals surface area contributed by atoms with Gasteiger partial charge >= 0.3 is 5.97 Å². The molecule has 2 aromatic rings. The normalized spacial score (nSPS) is 15.5. The highest BCUT2D eigenvalue weighted by Crippen LogP contribution is 2.29. The highest BCUT2D eigenvalue weighted by atomic mass is 16.5. The van der Waals surface area contributed by atoms with Gasteiger partial charge < -0.3 is 14.8 Å². The molecule has 1 N–H and O–H groups in total. The Hall–Kier alpha value is -2.82. The Morgan fingerprint density at radius 2 is 1.89 bits per heavy atom. The minimum atomic E-state index is -0.517. The summed E-state index contributed by atoms with van der Waals surface area (Å²) in [6.45, 7) is 2.38. The van der Waals surface area contributed by atoms with Crippen molar-refractivity contribution in [2.24, 2.45) is 0 Å². The molecule has 0 aromatic heterocycles. The van der Waals surface area contributed by atoms with Crippen molar-refractivity contribution in [3.8, 4) is 5.75 Å². The fourth-order valence-corrected chi connectivity index (χ4v) is 3.26. The van der Waals surface area contributed by atoms with Crippen LogP contribution in [0.1, 0.15) is 53.7 Å². The molecule has 0 unspecified atom stereocenters. The van der Waals surface area contributed by atoms with Crippen LogP contribution in [-0.4, -0.2) is 25.1 Å². The van der Waals surface area contributed by atoms with Gasteiger partial charge in [0.05, 0.1) is 18.2 Å². The molecule has 0 fully saturated rings. The van der Waals surface area contributed by atoms with Crippen LogP contribution in [0, 0.1) is 0 Å². The highest BCUT2D eigenvalue weighted by molar-refractivity contribution is 5.91. The van der Waals surface area contributed by atoms with Gasteiger partial charge in [-0.25, -0.2) is 4.79 Å². The Balaban J connectivity index is 1.50. The van der Waals surface area contributed by atoms with Gasteiger partial charge in [0.2, 0.25) is 0 Å². The lowest BCUT2D eigenvalue weighted by atomic mass is 9.88. The minimum absolute atomic E-state index is 0.0175. The van der Waals surface area contributed by atoms with Crippen LogP contribution in [0.25, 0.3) is 0 Å². The summed E-state index contributed by atoms with van der Waals surface area (Å²) >= 11 is 0. The van der Waals surface area contributed by atoms with Gasteiger partial charge in [-0.15, -0.1) is 0 Å². The molecular formula is C22H25NO4. The average molecular weight is 367 g/mol. The first-order valence-corrected chi connectivity index (χ1v) is 9.44. The third kappa shape index (κ3) is 5.09. The van der Waals surface area contributed by atoms with Gasteiger partial charge in [-0.3, -0.25) is 4.79 Å². The zero-order chi connectivity index (χ0) is 19.1. The number of rotatable bonds is 7. The van der Waals surface area contributed by atoms with Crippen molar-refractivity contribution < 1.29 is 19.1 Å². The number of ether oxygens (including phenoxy) is 2. The number of fused-ring (bicyclic) bond motifs is 1. The van der Waals surface area contributed by atoms with Crippen molar-refractivity contribution in [3.05, 3.63) is 65.2 Å². The second-order valence-corrected chi connectivity index (χ2v) is 6.66. The van der Waals surface area contributed by atoms with E-state index in [1.54, 1.807) is 24.3 Å². The van der Waals surface area contributed by atoms with E-state index in [0.29, 0.717) is 17.9 Å². The zero-order valence-electron chi connectivity index (χ0n) is 15.6. The monoisotopic (exact) mass is 367 g/mol. The molecule has 0 saturated heterocycles. The Morgan fingerprint density at radius 3 is 2.67 bits per heavy atom. The third-order valence-electron chi connectivity index (χ3n) is 4.60. The largest absolute Gasteiger partial charge is 0.494 e. The van der Waals surface area contributed by atoms with Crippen LogP contribution >= 0.6 is 0 Å². The van der Waals surface area contributed by atoms with E-state index in [4.69, 9.17) is 9.47 Å². The summed E-state index contributed by atoms with van der Waals surface area (Å²) in [5, 5.41) is 2.98. The van der Waals surface area contributed by atoms with E-state index in [0.717, 1.165) is 31.2 Å². The molecule has 142 valence electrons. The first-order chi connectivity index (χ1) is 13.2. The second-order valence-electron chi connectivity index (χ2n) is 6.66. The Labute approximate surface area is 159 Å². The van der Waals surface area contributed by atoms with E-state index in [9.17, 15) is 9.59 Å². The summed E-state index contributed by atoms with van der Waals surface area (Å²) in [6.07, 6.45) is 3.89. The maximum Gasteiger partial charge on any atom is 0.338 e. The average Bonchev–Trinajstić information content (AvgIpc) is 2.71. The first kappa shape index (κ1) is 19.0. The molecule has 5 heteroatoms. The standard InChI is InChI=1S/C22H25NO4/c1-2-14-26-18-12-10-17(11-13-18)22(25)27-15-21(24)23-20-9-5-7-16-6-3-4-8-19(16)20/h3-4,6,8,10-13,20H,2,5,7,9,14-15H2,1H3,(H,23,24)/t20-/m1/s1. The second kappa shape index (κ2) is 9.21. The SMILES string of the molecule is CCCOc1ccc(C(=O)OCC(=O)N[C@@H]2CCCc3ccccc32)cc1. The molecule has 2 aromatic carbocycles. The smallest absolute Gasteiger partial charge is 0.338 e. The number of carbonyl (C=O) groups excluding carboxylic acids is 2. The van der Waals surface area contributed by atoms with Gasteiger partial charge in [-0.2, -0.15) is 0 Å². The van der Waals surface area contributed by atoms with Crippen molar-refractivity contribution in [2.45, 2.75) is 38.6 Å². The van der Waals surface area contributed by atoms with E-state index in [1.165, 1.54) is 5.56 Å². The summed E-state index contributed by atoms with van der Waals surface area (Å²) in [6, 6.07) is 14.9. The van der Waals surface area contributed by atoms with Gasteiger partial charge in [0.25, 0.3) is 5.91 Å².